The van der Waals surface area contributed by atoms with E-state index < -0.39 is 0 Å². The Morgan fingerprint density at radius 3 is 3.06 bits per heavy atom. The molecule has 0 radical (unpaired) electrons. The molecule has 0 aromatic carbocycles. The highest BCUT2D eigenvalue weighted by atomic mass is 32.1. The smallest absolute Gasteiger partial charge is 0.315 e. The summed E-state index contributed by atoms with van der Waals surface area (Å²) in [6.07, 6.45) is 1.09. The molecule has 0 spiro atoms. The second kappa shape index (κ2) is 6.36. The molecule has 0 saturated heterocycles. The highest BCUT2D eigenvalue weighted by Crippen LogP contribution is 2.10. The van der Waals surface area contributed by atoms with Crippen molar-refractivity contribution in [2.75, 3.05) is 11.9 Å². The third-order valence-electron chi connectivity index (χ3n) is 2.19. The Morgan fingerprint density at radius 1 is 1.35 bits per heavy atom. The lowest BCUT2D eigenvalue weighted by atomic mass is 10.3. The lowest BCUT2D eigenvalue weighted by Gasteiger charge is -1.98. The summed E-state index contributed by atoms with van der Waals surface area (Å²) in [6, 6.07) is 2.54. The van der Waals surface area contributed by atoms with Gasteiger partial charge in [0.15, 0.2) is 0 Å². The fourth-order valence-corrected chi connectivity index (χ4v) is 2.01. The second-order valence-electron chi connectivity index (χ2n) is 3.66. The Morgan fingerprint density at radius 2 is 2.29 bits per heavy atom. The van der Waals surface area contributed by atoms with E-state index in [2.05, 4.69) is 39.2 Å². The first-order valence-corrected chi connectivity index (χ1v) is 6.61. The van der Waals surface area contributed by atoms with Gasteiger partial charge in [-0.25, -0.2) is 0 Å². The monoisotopic (exact) mass is 252 g/mol. The van der Waals surface area contributed by atoms with Crippen molar-refractivity contribution in [1.82, 2.24) is 15.5 Å². The number of thiophene rings is 1. The van der Waals surface area contributed by atoms with E-state index in [0.29, 0.717) is 25.0 Å². The quantitative estimate of drug-likeness (QED) is 0.740. The van der Waals surface area contributed by atoms with Gasteiger partial charge in [0.25, 0.3) is 0 Å². The number of nitrogens with one attached hydrogen (secondary N) is 2. The average Bonchev–Trinajstić information content (AvgIpc) is 2.98. The predicted octanol–water partition coefficient (Wildman–Crippen LogP) is 2.24. The molecule has 17 heavy (non-hydrogen) atoms. The molecule has 0 saturated carbocycles. The Hall–Kier alpha value is -1.40. The van der Waals surface area contributed by atoms with E-state index in [4.69, 9.17) is 4.42 Å². The van der Waals surface area contributed by atoms with Crippen LogP contribution in [0.1, 0.15) is 24.8 Å². The summed E-state index contributed by atoms with van der Waals surface area (Å²) in [5.41, 5.74) is 1.22. The van der Waals surface area contributed by atoms with E-state index in [0.717, 1.165) is 13.0 Å². The molecule has 2 heterocycles. The Bertz CT molecular complexity index is 426. The van der Waals surface area contributed by atoms with Crippen molar-refractivity contribution in [2.45, 2.75) is 26.4 Å². The third kappa shape index (κ3) is 3.83. The van der Waals surface area contributed by atoms with Gasteiger partial charge in [-0.05, 0) is 35.4 Å². The van der Waals surface area contributed by atoms with Crippen molar-refractivity contribution < 1.29 is 4.42 Å². The van der Waals surface area contributed by atoms with E-state index in [1.807, 2.05) is 5.38 Å². The molecule has 5 nitrogen and oxygen atoms in total. The molecule has 2 rings (SSSR count). The highest BCUT2D eigenvalue weighted by Gasteiger charge is 2.04. The topological polar surface area (TPSA) is 63.0 Å². The van der Waals surface area contributed by atoms with Gasteiger partial charge in [0.05, 0.1) is 6.54 Å². The van der Waals surface area contributed by atoms with Gasteiger partial charge in [0.2, 0.25) is 5.89 Å². The first-order chi connectivity index (χ1) is 8.38. The molecule has 0 aliphatic rings. The van der Waals surface area contributed by atoms with Crippen LogP contribution in [0.15, 0.2) is 21.2 Å². The lowest BCUT2D eigenvalue weighted by molar-refractivity contribution is 0.477. The van der Waals surface area contributed by atoms with Gasteiger partial charge < -0.3 is 15.1 Å². The van der Waals surface area contributed by atoms with E-state index in [9.17, 15) is 0 Å². The van der Waals surface area contributed by atoms with Gasteiger partial charge in [-0.3, -0.25) is 0 Å². The van der Waals surface area contributed by atoms with Crippen molar-refractivity contribution in [1.29, 1.82) is 0 Å². The highest BCUT2D eigenvalue weighted by molar-refractivity contribution is 7.07. The van der Waals surface area contributed by atoms with Gasteiger partial charge in [0.1, 0.15) is 0 Å². The van der Waals surface area contributed by atoms with Crippen LogP contribution in [0, 0.1) is 0 Å². The van der Waals surface area contributed by atoms with Crippen LogP contribution in [0.5, 0.6) is 0 Å². The normalized spacial score (nSPS) is 10.6. The number of hydrogen-bond acceptors (Lipinski definition) is 6. The van der Waals surface area contributed by atoms with Crippen LogP contribution in [-0.2, 0) is 13.1 Å². The molecule has 2 N–H and O–H groups in total. The summed E-state index contributed by atoms with van der Waals surface area (Å²) < 4.78 is 5.44. The molecular formula is C11H16N4OS. The lowest BCUT2D eigenvalue weighted by Crippen LogP contribution is -2.13. The minimum absolute atomic E-state index is 0.476. The minimum atomic E-state index is 0.476. The van der Waals surface area contributed by atoms with Crippen molar-refractivity contribution in [3.63, 3.8) is 0 Å². The van der Waals surface area contributed by atoms with Crippen molar-refractivity contribution in [3.8, 4) is 0 Å². The molecule has 6 heteroatoms. The number of rotatable bonds is 7. The molecule has 0 amide bonds. The molecule has 0 unspecified atom stereocenters. The van der Waals surface area contributed by atoms with E-state index in [1.165, 1.54) is 5.56 Å². The maximum atomic E-state index is 5.44. The molecule has 0 fully saturated rings. The minimum Gasteiger partial charge on any atom is -0.407 e. The fourth-order valence-electron chi connectivity index (χ4n) is 1.34. The average molecular weight is 252 g/mol. The number of anilines is 1. The van der Waals surface area contributed by atoms with Crippen molar-refractivity contribution >= 4 is 17.4 Å². The van der Waals surface area contributed by atoms with Crippen LogP contribution in [-0.4, -0.2) is 16.7 Å². The maximum absolute atomic E-state index is 5.44. The second-order valence-corrected chi connectivity index (χ2v) is 4.44. The molecule has 0 aliphatic heterocycles. The summed E-state index contributed by atoms with van der Waals surface area (Å²) in [5.74, 6) is 0.617. The summed E-state index contributed by atoms with van der Waals surface area (Å²) in [4.78, 5) is 0. The molecule has 2 aromatic heterocycles. The van der Waals surface area contributed by atoms with E-state index in [-0.39, 0.29) is 0 Å². The van der Waals surface area contributed by atoms with Crippen LogP contribution in [0.4, 0.5) is 6.01 Å². The van der Waals surface area contributed by atoms with Gasteiger partial charge in [0, 0.05) is 6.54 Å². The van der Waals surface area contributed by atoms with Crippen LogP contribution < -0.4 is 10.6 Å². The summed E-state index contributed by atoms with van der Waals surface area (Å²) >= 11 is 1.68. The van der Waals surface area contributed by atoms with Crippen molar-refractivity contribution in [2.24, 2.45) is 0 Å². The zero-order valence-corrected chi connectivity index (χ0v) is 10.6. The first kappa shape index (κ1) is 12.1. The molecular weight excluding hydrogens is 236 g/mol. The Labute approximate surface area is 104 Å². The van der Waals surface area contributed by atoms with Crippen LogP contribution in [0.25, 0.3) is 0 Å². The maximum Gasteiger partial charge on any atom is 0.315 e. The molecule has 0 atom stereocenters. The van der Waals surface area contributed by atoms with E-state index >= 15 is 0 Å². The Balaban J connectivity index is 1.77. The number of nitrogens with zero attached hydrogens (tertiary/aromatic N) is 2. The van der Waals surface area contributed by atoms with Gasteiger partial charge in [-0.2, -0.15) is 11.3 Å². The van der Waals surface area contributed by atoms with Gasteiger partial charge in [-0.1, -0.05) is 12.0 Å². The fraction of sp³-hybridized carbons (Fsp3) is 0.455. The molecule has 92 valence electrons. The molecule has 0 bridgehead atoms. The van der Waals surface area contributed by atoms with Crippen LogP contribution in [0.3, 0.4) is 0 Å². The zero-order valence-electron chi connectivity index (χ0n) is 9.77. The number of aromatic nitrogens is 2. The molecule has 0 aliphatic carbocycles. The molecule has 2 aromatic rings. The van der Waals surface area contributed by atoms with Crippen molar-refractivity contribution in [3.05, 3.63) is 28.3 Å². The SMILES string of the molecule is CCCNCc1nnc(NCc2ccsc2)o1. The first-order valence-electron chi connectivity index (χ1n) is 5.66. The van der Waals surface area contributed by atoms with E-state index in [1.54, 1.807) is 11.3 Å². The summed E-state index contributed by atoms with van der Waals surface area (Å²) in [7, 11) is 0. The largest absolute Gasteiger partial charge is 0.407 e. The van der Waals surface area contributed by atoms with Crippen LogP contribution in [0.2, 0.25) is 0 Å². The predicted molar refractivity (Wildman–Crippen MR) is 67.9 cm³/mol. The Kier molecular flexibility index (Phi) is 4.52. The zero-order chi connectivity index (χ0) is 11.9. The third-order valence-corrected chi connectivity index (χ3v) is 2.93. The summed E-state index contributed by atoms with van der Waals surface area (Å²) in [6.45, 7) is 4.42. The standard InChI is InChI=1S/C11H16N4OS/c1-2-4-12-7-10-14-15-11(16-10)13-6-9-3-5-17-8-9/h3,5,8,12H,2,4,6-7H2,1H3,(H,13,15). The van der Waals surface area contributed by atoms with Crippen LogP contribution >= 0.6 is 11.3 Å². The van der Waals surface area contributed by atoms with Gasteiger partial charge >= 0.3 is 6.01 Å². The van der Waals surface area contributed by atoms with Gasteiger partial charge in [-0.15, -0.1) is 5.10 Å². The summed E-state index contributed by atoms with van der Waals surface area (Å²) in [5, 5.41) is 18.3. The number of hydrogen-bond donors (Lipinski definition) is 2.